The number of carbonyl (C=O) groups excluding carboxylic acids is 1. The maximum atomic E-state index is 12.3. The minimum atomic E-state index is -0.239. The monoisotopic (exact) mass is 431 g/mol. The summed E-state index contributed by atoms with van der Waals surface area (Å²) in [6, 6.07) is 15.5. The summed E-state index contributed by atoms with van der Waals surface area (Å²) in [5.41, 5.74) is 2.71. The zero-order valence-electron chi connectivity index (χ0n) is 14.5. The molecule has 2 aromatic carbocycles. The summed E-state index contributed by atoms with van der Waals surface area (Å²) in [7, 11) is 0. The van der Waals surface area contributed by atoms with Gasteiger partial charge in [0.1, 0.15) is 0 Å². The van der Waals surface area contributed by atoms with Crippen molar-refractivity contribution in [2.75, 3.05) is 18.4 Å². The van der Waals surface area contributed by atoms with Crippen LogP contribution < -0.4 is 10.6 Å². The molecule has 4 nitrogen and oxygen atoms in total. The van der Waals surface area contributed by atoms with E-state index in [1.54, 1.807) is 6.07 Å². The molecule has 0 aliphatic carbocycles. The van der Waals surface area contributed by atoms with Crippen LogP contribution in [-0.4, -0.2) is 29.0 Å². The fourth-order valence-corrected chi connectivity index (χ4v) is 3.72. The Bertz CT molecular complexity index is 773. The van der Waals surface area contributed by atoms with Crippen LogP contribution in [0.15, 0.2) is 53.0 Å². The van der Waals surface area contributed by atoms with Crippen LogP contribution in [0.3, 0.4) is 0 Å². The third-order valence-corrected chi connectivity index (χ3v) is 5.31. The summed E-state index contributed by atoms with van der Waals surface area (Å²) in [5, 5.41) is 6.06. The third-order valence-electron chi connectivity index (χ3n) is 4.41. The smallest absolute Gasteiger partial charge is 0.258 e. The van der Waals surface area contributed by atoms with Gasteiger partial charge in [0.25, 0.3) is 5.91 Å². The van der Waals surface area contributed by atoms with E-state index in [0.717, 1.165) is 16.7 Å². The number of anilines is 1. The number of nitrogens with zero attached hydrogens (tertiary/aromatic N) is 1. The molecule has 1 aliphatic heterocycles. The second kappa shape index (κ2) is 9.26. The summed E-state index contributed by atoms with van der Waals surface area (Å²) in [5.74, 6) is -0.239. The number of hydrogen-bond acceptors (Lipinski definition) is 3. The topological polar surface area (TPSA) is 44.4 Å². The number of carbonyl (C=O) groups is 1. The zero-order valence-corrected chi connectivity index (χ0v) is 16.9. The predicted molar refractivity (Wildman–Crippen MR) is 113 cm³/mol. The van der Waals surface area contributed by atoms with Gasteiger partial charge < -0.3 is 5.32 Å². The molecule has 1 heterocycles. The van der Waals surface area contributed by atoms with Crippen LogP contribution in [0.4, 0.5) is 5.69 Å². The van der Waals surface area contributed by atoms with Gasteiger partial charge in [0.05, 0.1) is 5.56 Å². The molecule has 0 radical (unpaired) electrons. The number of piperidine rings is 1. The Morgan fingerprint density at radius 3 is 2.42 bits per heavy atom. The number of amides is 1. The van der Waals surface area contributed by atoms with Crippen molar-refractivity contribution >= 4 is 44.9 Å². The molecule has 0 spiro atoms. The molecule has 0 atom stereocenters. The summed E-state index contributed by atoms with van der Waals surface area (Å²) in [6.45, 7) is 3.36. The van der Waals surface area contributed by atoms with Gasteiger partial charge in [-0.3, -0.25) is 15.0 Å². The number of halogens is 1. The largest absolute Gasteiger partial charge is 0.332 e. The second-order valence-electron chi connectivity index (χ2n) is 6.42. The molecule has 0 bridgehead atoms. The normalized spacial score (nSPS) is 14.7. The standard InChI is InChI=1S/C20H22BrN3OS/c21-18-7-3-2-6-17(18)19(25)23-20(26)22-16-10-8-15(9-11-16)14-24-12-4-1-5-13-24/h2-3,6-11H,1,4-5,12-14H2,(H2,22,23,25,26). The lowest BCUT2D eigenvalue weighted by Gasteiger charge is -2.26. The fourth-order valence-electron chi connectivity index (χ4n) is 3.05. The van der Waals surface area contributed by atoms with Crippen molar-refractivity contribution in [3.8, 4) is 0 Å². The molecule has 1 fully saturated rings. The summed E-state index contributed by atoms with van der Waals surface area (Å²) in [6.07, 6.45) is 3.94. The van der Waals surface area contributed by atoms with E-state index in [0.29, 0.717) is 5.56 Å². The Morgan fingerprint density at radius 2 is 1.73 bits per heavy atom. The molecule has 0 saturated carbocycles. The van der Waals surface area contributed by atoms with E-state index in [2.05, 4.69) is 43.6 Å². The van der Waals surface area contributed by atoms with Crippen molar-refractivity contribution in [2.45, 2.75) is 25.8 Å². The Balaban J connectivity index is 1.52. The maximum absolute atomic E-state index is 12.3. The van der Waals surface area contributed by atoms with Gasteiger partial charge >= 0.3 is 0 Å². The number of thiocarbonyl (C=S) groups is 1. The van der Waals surface area contributed by atoms with E-state index in [-0.39, 0.29) is 11.0 Å². The van der Waals surface area contributed by atoms with Gasteiger partial charge in [-0.2, -0.15) is 0 Å². The van der Waals surface area contributed by atoms with Crippen LogP contribution in [0.2, 0.25) is 0 Å². The molecule has 1 aliphatic rings. The predicted octanol–water partition coefficient (Wildman–Crippen LogP) is 4.56. The third kappa shape index (κ3) is 5.37. The first-order valence-corrected chi connectivity index (χ1v) is 10.00. The van der Waals surface area contributed by atoms with Gasteiger partial charge in [-0.05, 0) is 83.9 Å². The van der Waals surface area contributed by atoms with E-state index in [9.17, 15) is 4.79 Å². The molecule has 1 amide bonds. The highest BCUT2D eigenvalue weighted by atomic mass is 79.9. The lowest BCUT2D eigenvalue weighted by atomic mass is 10.1. The highest BCUT2D eigenvalue weighted by Gasteiger charge is 2.12. The number of likely N-dealkylation sites (tertiary alicyclic amines) is 1. The van der Waals surface area contributed by atoms with Crippen LogP contribution in [0, 0.1) is 0 Å². The minimum absolute atomic E-state index is 0.239. The van der Waals surface area contributed by atoms with Crippen molar-refractivity contribution < 1.29 is 4.79 Å². The number of benzene rings is 2. The van der Waals surface area contributed by atoms with Gasteiger partial charge in [-0.15, -0.1) is 0 Å². The SMILES string of the molecule is O=C(NC(=S)Nc1ccc(CN2CCCCC2)cc1)c1ccccc1Br. The first-order chi connectivity index (χ1) is 12.6. The van der Waals surface area contributed by atoms with E-state index >= 15 is 0 Å². The minimum Gasteiger partial charge on any atom is -0.332 e. The lowest BCUT2D eigenvalue weighted by Crippen LogP contribution is -2.34. The molecule has 0 unspecified atom stereocenters. The molecule has 2 aromatic rings. The molecule has 0 aromatic heterocycles. The molecule has 2 N–H and O–H groups in total. The molecular weight excluding hydrogens is 410 g/mol. The molecule has 3 rings (SSSR count). The zero-order chi connectivity index (χ0) is 18.4. The van der Waals surface area contributed by atoms with E-state index < -0.39 is 0 Å². The number of hydrogen-bond donors (Lipinski definition) is 2. The molecule has 1 saturated heterocycles. The van der Waals surface area contributed by atoms with Gasteiger partial charge in [0.2, 0.25) is 0 Å². The van der Waals surface area contributed by atoms with Crippen molar-refractivity contribution in [1.29, 1.82) is 0 Å². The van der Waals surface area contributed by atoms with Crippen molar-refractivity contribution in [2.24, 2.45) is 0 Å². The van der Waals surface area contributed by atoms with E-state index in [4.69, 9.17) is 12.2 Å². The Kier molecular flexibility index (Phi) is 6.77. The maximum Gasteiger partial charge on any atom is 0.258 e. The van der Waals surface area contributed by atoms with Crippen molar-refractivity contribution in [3.63, 3.8) is 0 Å². The van der Waals surface area contributed by atoms with Crippen LogP contribution in [-0.2, 0) is 6.54 Å². The van der Waals surface area contributed by atoms with Gasteiger partial charge in [0.15, 0.2) is 5.11 Å². The van der Waals surface area contributed by atoms with Crippen molar-refractivity contribution in [1.82, 2.24) is 10.2 Å². The van der Waals surface area contributed by atoms with E-state index in [1.807, 2.05) is 30.3 Å². The summed E-state index contributed by atoms with van der Waals surface area (Å²) < 4.78 is 0.738. The first kappa shape index (κ1) is 19.0. The number of rotatable bonds is 4. The molecular formula is C20H22BrN3OS. The fraction of sp³-hybridized carbons (Fsp3) is 0.300. The summed E-state index contributed by atoms with van der Waals surface area (Å²) in [4.78, 5) is 14.8. The Morgan fingerprint density at radius 1 is 1.04 bits per heavy atom. The van der Waals surface area contributed by atoms with E-state index in [1.165, 1.54) is 37.9 Å². The number of nitrogens with one attached hydrogen (secondary N) is 2. The van der Waals surface area contributed by atoms with Gasteiger partial charge in [-0.1, -0.05) is 30.7 Å². The molecule has 26 heavy (non-hydrogen) atoms. The molecule has 6 heteroatoms. The highest BCUT2D eigenvalue weighted by molar-refractivity contribution is 9.10. The van der Waals surface area contributed by atoms with Gasteiger partial charge in [-0.25, -0.2) is 0 Å². The Labute approximate surface area is 168 Å². The van der Waals surface area contributed by atoms with Crippen LogP contribution in [0.25, 0.3) is 0 Å². The van der Waals surface area contributed by atoms with Crippen LogP contribution >= 0.6 is 28.1 Å². The highest BCUT2D eigenvalue weighted by Crippen LogP contribution is 2.17. The lowest BCUT2D eigenvalue weighted by molar-refractivity contribution is 0.0977. The first-order valence-electron chi connectivity index (χ1n) is 8.80. The quantitative estimate of drug-likeness (QED) is 0.696. The average Bonchev–Trinajstić information content (AvgIpc) is 2.64. The van der Waals surface area contributed by atoms with Crippen molar-refractivity contribution in [3.05, 3.63) is 64.1 Å². The van der Waals surface area contributed by atoms with Crippen LogP contribution in [0.1, 0.15) is 35.2 Å². The Hall–Kier alpha value is -1.76. The molecule has 136 valence electrons. The summed E-state index contributed by atoms with van der Waals surface area (Å²) >= 11 is 8.63. The van der Waals surface area contributed by atoms with Gasteiger partial charge in [0, 0.05) is 16.7 Å². The average molecular weight is 432 g/mol. The van der Waals surface area contributed by atoms with Crippen LogP contribution in [0.5, 0.6) is 0 Å². The second-order valence-corrected chi connectivity index (χ2v) is 7.68.